The number of hydrogen-bond donors (Lipinski definition) is 2. The summed E-state index contributed by atoms with van der Waals surface area (Å²) < 4.78 is 1.77. The zero-order valence-electron chi connectivity index (χ0n) is 14.0. The Bertz CT molecular complexity index is 1030. The highest BCUT2D eigenvalue weighted by molar-refractivity contribution is 5.91. The third-order valence-electron chi connectivity index (χ3n) is 3.92. The number of aromatic amines is 1. The summed E-state index contributed by atoms with van der Waals surface area (Å²) in [5, 5.41) is 7.12. The number of carbonyl (C=O) groups excluding carboxylic acids is 1. The predicted octanol–water partition coefficient (Wildman–Crippen LogP) is 3.08. The summed E-state index contributed by atoms with van der Waals surface area (Å²) in [7, 11) is 0. The van der Waals surface area contributed by atoms with Crippen LogP contribution in [0, 0.1) is 0 Å². The van der Waals surface area contributed by atoms with E-state index in [1.165, 1.54) is 6.08 Å². The van der Waals surface area contributed by atoms with Gasteiger partial charge in [-0.2, -0.15) is 5.10 Å². The monoisotopic (exact) mass is 343 g/mol. The van der Waals surface area contributed by atoms with Gasteiger partial charge in [0.15, 0.2) is 0 Å². The molecule has 2 aromatic carbocycles. The van der Waals surface area contributed by atoms with Crippen LogP contribution in [-0.4, -0.2) is 25.7 Å². The Kier molecular flexibility index (Phi) is 4.30. The number of H-pyrrole nitrogens is 1. The van der Waals surface area contributed by atoms with Crippen molar-refractivity contribution in [3.05, 3.63) is 84.5 Å². The van der Waals surface area contributed by atoms with Crippen LogP contribution in [0.15, 0.2) is 73.1 Å². The molecule has 1 amide bonds. The highest BCUT2D eigenvalue weighted by atomic mass is 16.1. The molecule has 0 spiro atoms. The first kappa shape index (κ1) is 15.8. The molecule has 0 aliphatic rings. The number of nitrogens with zero attached hydrogens (tertiary/aromatic N) is 3. The molecule has 0 fully saturated rings. The molecule has 0 unspecified atom stereocenters. The van der Waals surface area contributed by atoms with Gasteiger partial charge in [0.05, 0.1) is 29.5 Å². The molecule has 0 aliphatic heterocycles. The maximum absolute atomic E-state index is 12.0. The fraction of sp³-hybridized carbons (Fsp3) is 0.0500. The predicted molar refractivity (Wildman–Crippen MR) is 101 cm³/mol. The zero-order chi connectivity index (χ0) is 17.8. The van der Waals surface area contributed by atoms with Crippen molar-refractivity contribution in [3.63, 3.8) is 0 Å². The normalized spacial score (nSPS) is 11.2. The molecular formula is C20H17N5O. The number of nitrogens with one attached hydrogen (secondary N) is 2. The van der Waals surface area contributed by atoms with Crippen LogP contribution in [0.4, 0.5) is 0 Å². The Balaban J connectivity index is 1.36. The lowest BCUT2D eigenvalue weighted by Gasteiger charge is -1.99. The Labute approximate surface area is 150 Å². The third kappa shape index (κ3) is 3.54. The molecular weight excluding hydrogens is 326 g/mol. The number of carbonyl (C=O) groups is 1. The SMILES string of the molecule is O=C(/C=C/c1cnn(-c2ccccc2)c1)NCc1nc2ccccc2[nH]1. The van der Waals surface area contributed by atoms with E-state index in [-0.39, 0.29) is 5.91 Å². The molecule has 0 atom stereocenters. The first-order valence-corrected chi connectivity index (χ1v) is 8.27. The van der Waals surface area contributed by atoms with Crippen molar-refractivity contribution in [1.29, 1.82) is 0 Å². The van der Waals surface area contributed by atoms with Gasteiger partial charge in [0.25, 0.3) is 0 Å². The van der Waals surface area contributed by atoms with Gasteiger partial charge in [0.2, 0.25) is 5.91 Å². The van der Waals surface area contributed by atoms with Crippen molar-refractivity contribution < 1.29 is 4.79 Å². The Morgan fingerprint density at radius 1 is 1.12 bits per heavy atom. The number of amides is 1. The standard InChI is InChI=1S/C20H17N5O/c26-20(21-13-19-23-17-8-4-5-9-18(17)24-19)11-10-15-12-22-25(14-15)16-6-2-1-3-7-16/h1-12,14H,13H2,(H,21,26)(H,23,24)/b11-10+. The molecule has 0 radical (unpaired) electrons. The summed E-state index contributed by atoms with van der Waals surface area (Å²) in [5.41, 5.74) is 3.68. The van der Waals surface area contributed by atoms with E-state index in [2.05, 4.69) is 20.4 Å². The van der Waals surface area contributed by atoms with Crippen LogP contribution in [0.5, 0.6) is 0 Å². The Morgan fingerprint density at radius 3 is 2.77 bits per heavy atom. The average molecular weight is 343 g/mol. The zero-order valence-corrected chi connectivity index (χ0v) is 14.0. The molecule has 0 saturated heterocycles. The smallest absolute Gasteiger partial charge is 0.244 e. The molecule has 6 heteroatoms. The van der Waals surface area contributed by atoms with Gasteiger partial charge in [0.1, 0.15) is 5.82 Å². The number of para-hydroxylation sites is 3. The molecule has 0 aliphatic carbocycles. The second kappa shape index (κ2) is 7.06. The van der Waals surface area contributed by atoms with E-state index in [1.807, 2.05) is 60.8 Å². The van der Waals surface area contributed by atoms with Crippen LogP contribution in [0.1, 0.15) is 11.4 Å². The largest absolute Gasteiger partial charge is 0.345 e. The minimum absolute atomic E-state index is 0.182. The van der Waals surface area contributed by atoms with Crippen molar-refractivity contribution in [2.45, 2.75) is 6.54 Å². The topological polar surface area (TPSA) is 75.6 Å². The van der Waals surface area contributed by atoms with Crippen LogP contribution < -0.4 is 5.32 Å². The maximum Gasteiger partial charge on any atom is 0.244 e. The minimum Gasteiger partial charge on any atom is -0.345 e. The van der Waals surface area contributed by atoms with Gasteiger partial charge >= 0.3 is 0 Å². The summed E-state index contributed by atoms with van der Waals surface area (Å²) in [6.45, 7) is 0.348. The van der Waals surface area contributed by atoms with Crippen LogP contribution in [0.3, 0.4) is 0 Å². The molecule has 128 valence electrons. The third-order valence-corrected chi connectivity index (χ3v) is 3.92. The van der Waals surface area contributed by atoms with Crippen molar-refractivity contribution in [2.75, 3.05) is 0 Å². The van der Waals surface area contributed by atoms with E-state index >= 15 is 0 Å². The van der Waals surface area contributed by atoms with E-state index in [0.717, 1.165) is 28.1 Å². The molecule has 4 aromatic rings. The van der Waals surface area contributed by atoms with Gasteiger partial charge in [-0.25, -0.2) is 9.67 Å². The van der Waals surface area contributed by atoms with E-state index in [4.69, 9.17) is 0 Å². The van der Waals surface area contributed by atoms with Crippen molar-refractivity contribution in [3.8, 4) is 5.69 Å². The molecule has 6 nitrogen and oxygen atoms in total. The van der Waals surface area contributed by atoms with E-state index in [1.54, 1.807) is 17.0 Å². The fourth-order valence-electron chi connectivity index (χ4n) is 2.64. The van der Waals surface area contributed by atoms with Gasteiger partial charge < -0.3 is 10.3 Å². The first-order chi connectivity index (χ1) is 12.8. The Morgan fingerprint density at radius 2 is 1.92 bits per heavy atom. The molecule has 26 heavy (non-hydrogen) atoms. The summed E-state index contributed by atoms with van der Waals surface area (Å²) in [6.07, 6.45) is 6.82. The van der Waals surface area contributed by atoms with Crippen LogP contribution >= 0.6 is 0 Å². The van der Waals surface area contributed by atoms with Crippen molar-refractivity contribution >= 4 is 23.0 Å². The number of benzene rings is 2. The number of fused-ring (bicyclic) bond motifs is 1. The molecule has 2 N–H and O–H groups in total. The molecule has 0 saturated carbocycles. The second-order valence-corrected chi connectivity index (χ2v) is 5.81. The lowest BCUT2D eigenvalue weighted by atomic mass is 10.3. The molecule has 2 heterocycles. The van der Waals surface area contributed by atoms with Gasteiger partial charge in [-0.1, -0.05) is 30.3 Å². The first-order valence-electron chi connectivity index (χ1n) is 8.27. The van der Waals surface area contributed by atoms with Crippen LogP contribution in [0.2, 0.25) is 0 Å². The summed E-state index contributed by atoms with van der Waals surface area (Å²) in [5.74, 6) is 0.544. The summed E-state index contributed by atoms with van der Waals surface area (Å²) >= 11 is 0. The van der Waals surface area contributed by atoms with Gasteiger partial charge in [-0.3, -0.25) is 4.79 Å². The van der Waals surface area contributed by atoms with Gasteiger partial charge in [0, 0.05) is 17.8 Å². The van der Waals surface area contributed by atoms with E-state index in [0.29, 0.717) is 6.54 Å². The lowest BCUT2D eigenvalue weighted by molar-refractivity contribution is -0.116. The van der Waals surface area contributed by atoms with E-state index in [9.17, 15) is 4.79 Å². The summed E-state index contributed by atoms with van der Waals surface area (Å²) in [6, 6.07) is 17.6. The Hall–Kier alpha value is -3.67. The van der Waals surface area contributed by atoms with Gasteiger partial charge in [-0.15, -0.1) is 0 Å². The fourth-order valence-corrected chi connectivity index (χ4v) is 2.64. The quantitative estimate of drug-likeness (QED) is 0.547. The molecule has 4 rings (SSSR count). The number of imidazole rings is 1. The average Bonchev–Trinajstić information content (AvgIpc) is 3.32. The van der Waals surface area contributed by atoms with Gasteiger partial charge in [-0.05, 0) is 30.3 Å². The number of aromatic nitrogens is 4. The number of rotatable bonds is 5. The van der Waals surface area contributed by atoms with Crippen molar-refractivity contribution in [2.24, 2.45) is 0 Å². The van der Waals surface area contributed by atoms with Crippen molar-refractivity contribution in [1.82, 2.24) is 25.1 Å². The van der Waals surface area contributed by atoms with Crippen LogP contribution in [-0.2, 0) is 11.3 Å². The van der Waals surface area contributed by atoms with E-state index < -0.39 is 0 Å². The second-order valence-electron chi connectivity index (χ2n) is 5.81. The minimum atomic E-state index is -0.182. The highest BCUT2D eigenvalue weighted by Crippen LogP contribution is 2.10. The van der Waals surface area contributed by atoms with Crippen LogP contribution in [0.25, 0.3) is 22.8 Å². The number of hydrogen-bond acceptors (Lipinski definition) is 3. The molecule has 2 aromatic heterocycles. The lowest BCUT2D eigenvalue weighted by Crippen LogP contribution is -2.20. The highest BCUT2D eigenvalue weighted by Gasteiger charge is 2.03. The maximum atomic E-state index is 12.0. The molecule has 0 bridgehead atoms. The summed E-state index contributed by atoms with van der Waals surface area (Å²) in [4.78, 5) is 19.6.